The minimum absolute atomic E-state index is 0.757. The van der Waals surface area contributed by atoms with E-state index in [0.717, 1.165) is 36.3 Å². The molecule has 0 unspecified atom stereocenters. The molecule has 0 bridgehead atoms. The number of aromatic nitrogens is 4. The van der Waals surface area contributed by atoms with Crippen LogP contribution in [0.2, 0.25) is 0 Å². The van der Waals surface area contributed by atoms with Crippen molar-refractivity contribution in [3.63, 3.8) is 0 Å². The first-order chi connectivity index (χ1) is 11.3. The van der Waals surface area contributed by atoms with E-state index in [2.05, 4.69) is 50.4 Å². The SMILES string of the molecule is Cc1nnc2c(N3CCC(Cc4ccccc4)CC3)nccn12. The third-order valence-electron chi connectivity index (χ3n) is 4.76. The van der Waals surface area contributed by atoms with Gasteiger partial charge in [0.15, 0.2) is 5.82 Å². The molecule has 0 atom stereocenters. The summed E-state index contributed by atoms with van der Waals surface area (Å²) in [5.74, 6) is 2.63. The Balaban J connectivity index is 1.47. The highest BCUT2D eigenvalue weighted by Gasteiger charge is 2.22. The summed E-state index contributed by atoms with van der Waals surface area (Å²) in [6.07, 6.45) is 7.34. The molecule has 0 spiro atoms. The van der Waals surface area contributed by atoms with Crippen molar-refractivity contribution < 1.29 is 0 Å². The first kappa shape index (κ1) is 14.2. The Morgan fingerprint density at radius 1 is 1.09 bits per heavy atom. The summed E-state index contributed by atoms with van der Waals surface area (Å²) >= 11 is 0. The maximum Gasteiger partial charge on any atom is 0.203 e. The van der Waals surface area contributed by atoms with Gasteiger partial charge in [-0.1, -0.05) is 30.3 Å². The van der Waals surface area contributed by atoms with Gasteiger partial charge < -0.3 is 4.90 Å². The average molecular weight is 307 g/mol. The summed E-state index contributed by atoms with van der Waals surface area (Å²) in [7, 11) is 0. The Bertz CT molecular complexity index is 788. The van der Waals surface area contributed by atoms with Crippen LogP contribution in [-0.2, 0) is 6.42 Å². The number of fused-ring (bicyclic) bond motifs is 1. The van der Waals surface area contributed by atoms with Gasteiger partial charge in [-0.25, -0.2) is 4.98 Å². The van der Waals surface area contributed by atoms with Gasteiger partial charge in [-0.05, 0) is 37.7 Å². The van der Waals surface area contributed by atoms with E-state index >= 15 is 0 Å². The molecule has 118 valence electrons. The molecule has 0 radical (unpaired) electrons. The molecule has 1 saturated heterocycles. The second-order valence-electron chi connectivity index (χ2n) is 6.31. The Kier molecular flexibility index (Phi) is 3.69. The van der Waals surface area contributed by atoms with Gasteiger partial charge in [0.1, 0.15) is 5.82 Å². The molecule has 2 aromatic heterocycles. The first-order valence-corrected chi connectivity index (χ1v) is 8.26. The van der Waals surface area contributed by atoms with E-state index in [-0.39, 0.29) is 0 Å². The summed E-state index contributed by atoms with van der Waals surface area (Å²) in [5, 5.41) is 8.46. The van der Waals surface area contributed by atoms with Crippen LogP contribution in [0.15, 0.2) is 42.7 Å². The van der Waals surface area contributed by atoms with Crippen molar-refractivity contribution in [2.45, 2.75) is 26.2 Å². The Morgan fingerprint density at radius 2 is 1.87 bits per heavy atom. The molecule has 0 saturated carbocycles. The summed E-state index contributed by atoms with van der Waals surface area (Å²) in [4.78, 5) is 6.91. The zero-order chi connectivity index (χ0) is 15.6. The molecule has 0 amide bonds. The van der Waals surface area contributed by atoms with Gasteiger partial charge >= 0.3 is 0 Å². The maximum atomic E-state index is 4.56. The highest BCUT2D eigenvalue weighted by molar-refractivity contribution is 5.63. The van der Waals surface area contributed by atoms with Crippen LogP contribution < -0.4 is 4.90 Å². The van der Waals surface area contributed by atoms with E-state index in [0.29, 0.717) is 0 Å². The lowest BCUT2D eigenvalue weighted by Gasteiger charge is -2.32. The summed E-state index contributed by atoms with van der Waals surface area (Å²) in [6, 6.07) is 10.8. The maximum absolute atomic E-state index is 4.56. The van der Waals surface area contributed by atoms with Gasteiger partial charge in [0.25, 0.3) is 0 Å². The highest BCUT2D eigenvalue weighted by atomic mass is 15.3. The van der Waals surface area contributed by atoms with E-state index in [1.54, 1.807) is 0 Å². The van der Waals surface area contributed by atoms with Crippen LogP contribution in [0.4, 0.5) is 5.82 Å². The zero-order valence-corrected chi connectivity index (χ0v) is 13.4. The van der Waals surface area contributed by atoms with Crippen LogP contribution in [0.25, 0.3) is 5.65 Å². The first-order valence-electron chi connectivity index (χ1n) is 8.26. The number of rotatable bonds is 3. The van der Waals surface area contributed by atoms with Gasteiger partial charge in [-0.2, -0.15) is 0 Å². The summed E-state index contributed by atoms with van der Waals surface area (Å²) in [5.41, 5.74) is 2.31. The lowest BCUT2D eigenvalue weighted by Crippen LogP contribution is -2.35. The highest BCUT2D eigenvalue weighted by Crippen LogP contribution is 2.26. The van der Waals surface area contributed by atoms with Crippen molar-refractivity contribution in [3.8, 4) is 0 Å². The number of hydrogen-bond acceptors (Lipinski definition) is 4. The molecule has 3 aromatic rings. The Morgan fingerprint density at radius 3 is 2.65 bits per heavy atom. The molecule has 1 fully saturated rings. The Hall–Kier alpha value is -2.43. The topological polar surface area (TPSA) is 46.3 Å². The van der Waals surface area contributed by atoms with Crippen LogP contribution in [0.5, 0.6) is 0 Å². The van der Waals surface area contributed by atoms with Crippen LogP contribution in [-0.4, -0.2) is 32.7 Å². The van der Waals surface area contributed by atoms with Crippen molar-refractivity contribution in [2.75, 3.05) is 18.0 Å². The van der Waals surface area contributed by atoms with Gasteiger partial charge in [-0.15, -0.1) is 10.2 Å². The van der Waals surface area contributed by atoms with Gasteiger partial charge in [0.05, 0.1) is 0 Å². The van der Waals surface area contributed by atoms with Crippen molar-refractivity contribution in [3.05, 3.63) is 54.1 Å². The zero-order valence-electron chi connectivity index (χ0n) is 13.4. The number of nitrogens with zero attached hydrogens (tertiary/aromatic N) is 5. The minimum Gasteiger partial charge on any atom is -0.353 e. The molecule has 0 aliphatic carbocycles. The predicted octanol–water partition coefficient (Wildman–Crippen LogP) is 2.89. The largest absolute Gasteiger partial charge is 0.353 e. The molecule has 1 aliphatic rings. The molecule has 5 nitrogen and oxygen atoms in total. The van der Waals surface area contributed by atoms with Crippen LogP contribution >= 0.6 is 0 Å². The molecule has 4 rings (SSSR count). The Labute approximate surface area is 136 Å². The average Bonchev–Trinajstić information content (AvgIpc) is 2.98. The van der Waals surface area contributed by atoms with Gasteiger partial charge in [0.2, 0.25) is 5.65 Å². The molecule has 3 heterocycles. The molecular formula is C18H21N5. The predicted molar refractivity (Wildman–Crippen MR) is 90.6 cm³/mol. The summed E-state index contributed by atoms with van der Waals surface area (Å²) in [6.45, 7) is 4.04. The third-order valence-corrected chi connectivity index (χ3v) is 4.76. The van der Waals surface area contributed by atoms with Gasteiger partial charge in [-0.3, -0.25) is 4.40 Å². The van der Waals surface area contributed by atoms with Crippen molar-refractivity contribution in [2.24, 2.45) is 5.92 Å². The van der Waals surface area contributed by atoms with E-state index in [4.69, 9.17) is 0 Å². The smallest absolute Gasteiger partial charge is 0.203 e. The summed E-state index contributed by atoms with van der Waals surface area (Å²) < 4.78 is 2.01. The van der Waals surface area contributed by atoms with Crippen LogP contribution in [0.3, 0.4) is 0 Å². The molecule has 0 N–H and O–H groups in total. The van der Waals surface area contributed by atoms with Crippen LogP contribution in [0.1, 0.15) is 24.2 Å². The normalized spacial score (nSPS) is 16.1. The fourth-order valence-electron chi connectivity index (χ4n) is 3.45. The number of anilines is 1. The van der Waals surface area contributed by atoms with E-state index < -0.39 is 0 Å². The third kappa shape index (κ3) is 2.79. The van der Waals surface area contributed by atoms with Crippen molar-refractivity contribution >= 4 is 11.5 Å². The second kappa shape index (κ2) is 5.99. The number of hydrogen-bond donors (Lipinski definition) is 0. The quantitative estimate of drug-likeness (QED) is 0.746. The van der Waals surface area contributed by atoms with E-state index in [1.165, 1.54) is 24.8 Å². The number of benzene rings is 1. The van der Waals surface area contributed by atoms with E-state index in [1.807, 2.05) is 23.7 Å². The molecule has 5 heteroatoms. The van der Waals surface area contributed by atoms with Crippen molar-refractivity contribution in [1.82, 2.24) is 19.6 Å². The van der Waals surface area contributed by atoms with Crippen molar-refractivity contribution in [1.29, 1.82) is 0 Å². The monoisotopic (exact) mass is 307 g/mol. The standard InChI is InChI=1S/C18H21N5/c1-14-20-21-18-17(19-9-12-23(14)18)22-10-7-16(8-11-22)13-15-5-3-2-4-6-15/h2-6,9,12,16H,7-8,10-11,13H2,1H3. The minimum atomic E-state index is 0.757. The number of aryl methyl sites for hydroxylation is 1. The van der Waals surface area contributed by atoms with Crippen LogP contribution in [0, 0.1) is 12.8 Å². The second-order valence-corrected chi connectivity index (χ2v) is 6.31. The fraction of sp³-hybridized carbons (Fsp3) is 0.389. The molecular weight excluding hydrogens is 286 g/mol. The number of piperidine rings is 1. The molecule has 1 aromatic carbocycles. The lowest BCUT2D eigenvalue weighted by molar-refractivity contribution is 0.402. The van der Waals surface area contributed by atoms with Gasteiger partial charge in [0, 0.05) is 25.5 Å². The lowest BCUT2D eigenvalue weighted by atomic mass is 9.90. The molecule has 23 heavy (non-hydrogen) atoms. The fourth-order valence-corrected chi connectivity index (χ4v) is 3.45. The van der Waals surface area contributed by atoms with E-state index in [9.17, 15) is 0 Å². The molecule has 1 aliphatic heterocycles.